The van der Waals surface area contributed by atoms with Crippen LogP contribution in [-0.4, -0.2) is 33.9 Å². The summed E-state index contributed by atoms with van der Waals surface area (Å²) >= 11 is 1.63. The van der Waals surface area contributed by atoms with Gasteiger partial charge in [-0.15, -0.1) is 18.2 Å². The van der Waals surface area contributed by atoms with Crippen molar-refractivity contribution in [2.45, 2.75) is 0 Å². The number of hydrogen-bond acceptors (Lipinski definition) is 3. The molecule has 4 nitrogen and oxygen atoms in total. The van der Waals surface area contributed by atoms with E-state index in [0.29, 0.717) is 17.9 Å². The number of imidazole rings is 1. The first-order valence-electron chi connectivity index (χ1n) is 5.54. The Bertz CT molecular complexity index is 585. The van der Waals surface area contributed by atoms with Crippen LogP contribution in [-0.2, 0) is 0 Å². The zero-order chi connectivity index (χ0) is 12.8. The number of amides is 1. The zero-order valence-corrected chi connectivity index (χ0v) is 10.6. The van der Waals surface area contributed by atoms with Crippen LogP contribution in [0.5, 0.6) is 0 Å². The van der Waals surface area contributed by atoms with Crippen LogP contribution in [0.15, 0.2) is 24.5 Å². The lowest BCUT2D eigenvalue weighted by atomic mass is 10.2. The average Bonchev–Trinajstić information content (AvgIpc) is 2.85. The smallest absolute Gasteiger partial charge is 0.251 e. The Hall–Kier alpha value is -1.93. The highest BCUT2D eigenvalue weighted by Crippen LogP contribution is 2.11. The van der Waals surface area contributed by atoms with Gasteiger partial charge in [0.05, 0.1) is 23.1 Å². The van der Waals surface area contributed by atoms with Gasteiger partial charge in [-0.3, -0.25) is 4.79 Å². The fourth-order valence-electron chi connectivity index (χ4n) is 1.55. The van der Waals surface area contributed by atoms with Gasteiger partial charge in [0.1, 0.15) is 0 Å². The van der Waals surface area contributed by atoms with E-state index in [1.807, 2.05) is 6.07 Å². The summed E-state index contributed by atoms with van der Waals surface area (Å²) in [6.45, 7) is 0.617. The number of thioether (sulfide) groups is 1. The van der Waals surface area contributed by atoms with Gasteiger partial charge in [0, 0.05) is 17.9 Å². The molecule has 0 saturated carbocycles. The van der Waals surface area contributed by atoms with E-state index in [9.17, 15) is 4.79 Å². The molecule has 0 aliphatic rings. The minimum atomic E-state index is -0.0761. The summed E-state index contributed by atoms with van der Waals surface area (Å²) in [6, 6.07) is 5.40. The number of carbonyl (C=O) groups excluding carboxylic acids is 1. The molecule has 92 valence electrons. The third kappa shape index (κ3) is 3.05. The van der Waals surface area contributed by atoms with Crippen molar-refractivity contribution < 1.29 is 4.79 Å². The predicted molar refractivity (Wildman–Crippen MR) is 74.6 cm³/mol. The Morgan fingerprint density at radius 2 is 2.44 bits per heavy atom. The van der Waals surface area contributed by atoms with Crippen molar-refractivity contribution >= 4 is 28.7 Å². The van der Waals surface area contributed by atoms with E-state index < -0.39 is 0 Å². The summed E-state index contributed by atoms with van der Waals surface area (Å²) in [5, 5.41) is 2.85. The van der Waals surface area contributed by atoms with Crippen LogP contribution in [0.25, 0.3) is 11.0 Å². The number of terminal acetylenes is 1. The lowest BCUT2D eigenvalue weighted by molar-refractivity contribution is 0.0956. The normalized spacial score (nSPS) is 10.2. The topological polar surface area (TPSA) is 57.8 Å². The van der Waals surface area contributed by atoms with E-state index in [-0.39, 0.29) is 5.91 Å². The quantitative estimate of drug-likeness (QED) is 0.634. The van der Waals surface area contributed by atoms with E-state index in [4.69, 9.17) is 6.42 Å². The lowest BCUT2D eigenvalue weighted by Crippen LogP contribution is -2.25. The number of aromatic amines is 1. The molecule has 1 amide bonds. The van der Waals surface area contributed by atoms with Crippen LogP contribution in [0.4, 0.5) is 0 Å². The van der Waals surface area contributed by atoms with Crippen LogP contribution in [0.2, 0.25) is 0 Å². The number of hydrogen-bond donors (Lipinski definition) is 2. The van der Waals surface area contributed by atoms with Gasteiger partial charge in [0.15, 0.2) is 0 Å². The SMILES string of the molecule is C#CCSCCNC(=O)c1ccc2nc[nH]c2c1. The predicted octanol–water partition coefficient (Wildman–Crippen LogP) is 1.66. The summed E-state index contributed by atoms with van der Waals surface area (Å²) in [5.74, 6) is 3.97. The van der Waals surface area contributed by atoms with Crippen LogP contribution >= 0.6 is 11.8 Å². The maximum Gasteiger partial charge on any atom is 0.251 e. The number of rotatable bonds is 5. The molecule has 1 aromatic heterocycles. The van der Waals surface area contributed by atoms with Crippen molar-refractivity contribution in [1.29, 1.82) is 0 Å². The fourth-order valence-corrected chi connectivity index (χ4v) is 2.06. The maximum atomic E-state index is 11.8. The highest BCUT2D eigenvalue weighted by Gasteiger charge is 2.06. The molecule has 0 atom stereocenters. The third-order valence-electron chi connectivity index (χ3n) is 2.40. The first kappa shape index (κ1) is 12.5. The van der Waals surface area contributed by atoms with E-state index in [1.54, 1.807) is 30.2 Å². The van der Waals surface area contributed by atoms with E-state index >= 15 is 0 Å². The molecule has 0 bridgehead atoms. The van der Waals surface area contributed by atoms with Gasteiger partial charge >= 0.3 is 0 Å². The lowest BCUT2D eigenvalue weighted by Gasteiger charge is -2.04. The second-order valence-corrected chi connectivity index (χ2v) is 4.75. The highest BCUT2D eigenvalue weighted by atomic mass is 32.2. The van der Waals surface area contributed by atoms with Crippen molar-refractivity contribution in [3.8, 4) is 12.3 Å². The van der Waals surface area contributed by atoms with E-state index in [0.717, 1.165) is 16.8 Å². The molecular formula is C13H13N3OS. The van der Waals surface area contributed by atoms with Gasteiger partial charge < -0.3 is 10.3 Å². The number of aromatic nitrogens is 2. The number of fused-ring (bicyclic) bond motifs is 1. The standard InChI is InChI=1S/C13H13N3OS/c1-2-6-18-7-5-14-13(17)10-3-4-11-12(8-10)16-9-15-11/h1,3-4,8-9H,5-7H2,(H,14,17)(H,15,16). The molecule has 18 heavy (non-hydrogen) atoms. The van der Waals surface area contributed by atoms with Gasteiger partial charge in [-0.2, -0.15) is 0 Å². The Balaban J connectivity index is 1.90. The van der Waals surface area contributed by atoms with E-state index in [1.165, 1.54) is 0 Å². The van der Waals surface area contributed by atoms with Crippen molar-refractivity contribution in [2.24, 2.45) is 0 Å². The molecule has 2 rings (SSSR count). The minimum absolute atomic E-state index is 0.0761. The maximum absolute atomic E-state index is 11.8. The molecule has 2 N–H and O–H groups in total. The molecule has 0 unspecified atom stereocenters. The van der Waals surface area contributed by atoms with Crippen LogP contribution in [0.3, 0.4) is 0 Å². The zero-order valence-electron chi connectivity index (χ0n) is 9.77. The van der Waals surface area contributed by atoms with Crippen molar-refractivity contribution in [3.05, 3.63) is 30.1 Å². The van der Waals surface area contributed by atoms with Gasteiger partial charge in [-0.25, -0.2) is 4.98 Å². The summed E-state index contributed by atoms with van der Waals surface area (Å²) in [4.78, 5) is 18.9. The molecule has 1 aromatic carbocycles. The van der Waals surface area contributed by atoms with Gasteiger partial charge in [-0.05, 0) is 18.2 Å². The fraction of sp³-hybridized carbons (Fsp3) is 0.231. The van der Waals surface area contributed by atoms with Gasteiger partial charge in [-0.1, -0.05) is 5.92 Å². The summed E-state index contributed by atoms with van der Waals surface area (Å²) in [6.07, 6.45) is 6.75. The van der Waals surface area contributed by atoms with Crippen molar-refractivity contribution in [2.75, 3.05) is 18.1 Å². The minimum Gasteiger partial charge on any atom is -0.351 e. The second-order valence-electron chi connectivity index (χ2n) is 3.65. The Labute approximate surface area is 110 Å². The van der Waals surface area contributed by atoms with Crippen LogP contribution < -0.4 is 5.32 Å². The van der Waals surface area contributed by atoms with Crippen molar-refractivity contribution in [3.63, 3.8) is 0 Å². The molecular weight excluding hydrogens is 246 g/mol. The molecule has 0 radical (unpaired) electrons. The second kappa shape index (κ2) is 6.12. The first-order valence-corrected chi connectivity index (χ1v) is 6.69. The molecule has 2 aromatic rings. The largest absolute Gasteiger partial charge is 0.351 e. The Morgan fingerprint density at radius 1 is 1.56 bits per heavy atom. The first-order chi connectivity index (χ1) is 8.81. The molecule has 5 heteroatoms. The average molecular weight is 259 g/mol. The van der Waals surface area contributed by atoms with Gasteiger partial charge in [0.25, 0.3) is 5.91 Å². The number of nitrogens with one attached hydrogen (secondary N) is 2. The molecule has 0 saturated heterocycles. The molecule has 1 heterocycles. The summed E-state index contributed by atoms with van der Waals surface area (Å²) in [5.41, 5.74) is 2.36. The van der Waals surface area contributed by atoms with Crippen molar-refractivity contribution in [1.82, 2.24) is 15.3 Å². The summed E-state index contributed by atoms with van der Waals surface area (Å²) < 4.78 is 0. The monoisotopic (exact) mass is 259 g/mol. The molecule has 0 aliphatic carbocycles. The highest BCUT2D eigenvalue weighted by molar-refractivity contribution is 7.99. The third-order valence-corrected chi connectivity index (χ3v) is 3.26. The van der Waals surface area contributed by atoms with Crippen LogP contribution in [0.1, 0.15) is 10.4 Å². The Kier molecular flexibility index (Phi) is 4.26. The molecule has 0 aliphatic heterocycles. The summed E-state index contributed by atoms with van der Waals surface area (Å²) in [7, 11) is 0. The van der Waals surface area contributed by atoms with Gasteiger partial charge in [0.2, 0.25) is 0 Å². The number of benzene rings is 1. The Morgan fingerprint density at radius 3 is 3.28 bits per heavy atom. The number of carbonyl (C=O) groups is 1. The number of H-pyrrole nitrogens is 1. The van der Waals surface area contributed by atoms with Crippen LogP contribution in [0, 0.1) is 12.3 Å². The number of nitrogens with zero attached hydrogens (tertiary/aromatic N) is 1. The van der Waals surface area contributed by atoms with E-state index in [2.05, 4.69) is 21.2 Å². The molecule has 0 fully saturated rings. The molecule has 0 spiro atoms.